The molecule has 0 N–H and O–H groups in total. The van der Waals surface area contributed by atoms with Crippen molar-refractivity contribution in [2.45, 2.75) is 0 Å². The van der Waals surface area contributed by atoms with E-state index < -0.39 is 12.3 Å². The lowest BCUT2D eigenvalue weighted by Crippen LogP contribution is -2.09. The van der Waals surface area contributed by atoms with Crippen LogP contribution < -0.4 is 0 Å². The number of fused-ring (bicyclic) bond motifs is 2. The molecule has 3 aliphatic rings. The molecule has 0 aromatic carbocycles. The Labute approximate surface area is 102 Å². The van der Waals surface area contributed by atoms with Crippen molar-refractivity contribution in [2.24, 2.45) is 5.92 Å². The number of carbonyl (C=O) groups excluding carboxylic acids is 2. The van der Waals surface area contributed by atoms with Gasteiger partial charge in [0, 0.05) is 11.5 Å². The number of rotatable bonds is 0. The van der Waals surface area contributed by atoms with E-state index in [-0.39, 0.29) is 17.4 Å². The molecule has 1 saturated heterocycles. The monoisotopic (exact) mass is 244 g/mol. The number of carbonyl (C=O) groups is 2. The van der Waals surface area contributed by atoms with Gasteiger partial charge in [0.25, 0.3) is 0 Å². The van der Waals surface area contributed by atoms with Gasteiger partial charge in [-0.25, -0.2) is 9.59 Å². The van der Waals surface area contributed by atoms with E-state index in [2.05, 4.69) is 4.74 Å². The van der Waals surface area contributed by atoms with Gasteiger partial charge in [-0.3, -0.25) is 0 Å². The molecule has 1 atom stereocenters. The maximum Gasteiger partial charge on any atom is 0.524 e. The molecule has 0 amide bonds. The molecule has 1 aliphatic heterocycles. The molecule has 0 aromatic heterocycles. The molecule has 3 rings (SSSR count). The largest absolute Gasteiger partial charge is 0.524 e. The Bertz CT molecular complexity index is 574. The smallest absolute Gasteiger partial charge is 0.391 e. The van der Waals surface area contributed by atoms with E-state index >= 15 is 0 Å². The van der Waals surface area contributed by atoms with Crippen molar-refractivity contribution in [3.8, 4) is 0 Å². The SMILES string of the molecule is O=C1OC(=O)OC2=C3C=CC=CC3C=CC=C2O1. The minimum atomic E-state index is -1.09. The van der Waals surface area contributed by atoms with Crippen molar-refractivity contribution in [1.82, 2.24) is 0 Å². The summed E-state index contributed by atoms with van der Waals surface area (Å²) in [5.74, 6) is 0.351. The summed E-state index contributed by atoms with van der Waals surface area (Å²) in [6.45, 7) is 0. The van der Waals surface area contributed by atoms with E-state index in [0.29, 0.717) is 0 Å². The van der Waals surface area contributed by atoms with Crippen LogP contribution in [0.1, 0.15) is 0 Å². The van der Waals surface area contributed by atoms with Crippen LogP contribution in [0.15, 0.2) is 59.6 Å². The second-order valence-corrected chi connectivity index (χ2v) is 3.78. The van der Waals surface area contributed by atoms with Crippen molar-refractivity contribution >= 4 is 12.3 Å². The number of ether oxygens (including phenoxy) is 3. The zero-order valence-electron chi connectivity index (χ0n) is 9.16. The molecule has 1 heterocycles. The Hall–Kier alpha value is -2.56. The van der Waals surface area contributed by atoms with E-state index in [1.165, 1.54) is 0 Å². The molecule has 2 aliphatic carbocycles. The quantitative estimate of drug-likeness (QED) is 0.484. The molecule has 5 nitrogen and oxygen atoms in total. The molecule has 18 heavy (non-hydrogen) atoms. The van der Waals surface area contributed by atoms with Gasteiger partial charge in [0.2, 0.25) is 0 Å². The van der Waals surface area contributed by atoms with Gasteiger partial charge >= 0.3 is 12.3 Å². The first kappa shape index (κ1) is 10.6. The number of hydrogen-bond donors (Lipinski definition) is 0. The van der Waals surface area contributed by atoms with Crippen molar-refractivity contribution in [3.05, 3.63) is 59.6 Å². The van der Waals surface area contributed by atoms with Gasteiger partial charge in [0.1, 0.15) is 0 Å². The molecule has 0 bridgehead atoms. The van der Waals surface area contributed by atoms with Gasteiger partial charge < -0.3 is 14.2 Å². The van der Waals surface area contributed by atoms with Gasteiger partial charge in [-0.05, 0) is 6.08 Å². The van der Waals surface area contributed by atoms with Gasteiger partial charge in [-0.1, -0.05) is 36.5 Å². The lowest BCUT2D eigenvalue weighted by atomic mass is 9.93. The summed E-state index contributed by atoms with van der Waals surface area (Å²) in [7, 11) is 0. The van der Waals surface area contributed by atoms with E-state index in [0.717, 1.165) is 5.57 Å². The van der Waals surface area contributed by atoms with E-state index in [4.69, 9.17) is 9.47 Å². The zero-order valence-corrected chi connectivity index (χ0v) is 9.16. The van der Waals surface area contributed by atoms with Crippen LogP contribution in [0.3, 0.4) is 0 Å². The second-order valence-electron chi connectivity index (χ2n) is 3.78. The highest BCUT2D eigenvalue weighted by Gasteiger charge is 2.30. The Kier molecular flexibility index (Phi) is 2.37. The third-order valence-corrected chi connectivity index (χ3v) is 2.66. The molecule has 90 valence electrons. The minimum absolute atomic E-state index is 0.0247. The average Bonchev–Trinajstić information content (AvgIpc) is 2.58. The van der Waals surface area contributed by atoms with Crippen LogP contribution in [0.5, 0.6) is 0 Å². The summed E-state index contributed by atoms with van der Waals surface area (Å²) in [4.78, 5) is 22.4. The normalized spacial score (nSPS) is 25.1. The molecule has 1 fully saturated rings. The van der Waals surface area contributed by atoms with Gasteiger partial charge in [0.15, 0.2) is 11.5 Å². The number of hydrogen-bond acceptors (Lipinski definition) is 5. The molecule has 0 aromatic rings. The molecule has 0 radical (unpaired) electrons. The van der Waals surface area contributed by atoms with Crippen LogP contribution in [0, 0.1) is 5.92 Å². The third-order valence-electron chi connectivity index (χ3n) is 2.66. The lowest BCUT2D eigenvalue weighted by Gasteiger charge is -2.15. The fourth-order valence-electron chi connectivity index (χ4n) is 1.91. The fourth-order valence-corrected chi connectivity index (χ4v) is 1.91. The predicted octanol–water partition coefficient (Wildman–Crippen LogP) is 2.74. The Morgan fingerprint density at radius 3 is 2.56 bits per heavy atom. The van der Waals surface area contributed by atoms with E-state index in [1.54, 1.807) is 18.2 Å². The molecule has 0 spiro atoms. The average molecular weight is 244 g/mol. The highest BCUT2D eigenvalue weighted by molar-refractivity contribution is 5.80. The highest BCUT2D eigenvalue weighted by Crippen LogP contribution is 2.32. The van der Waals surface area contributed by atoms with Crippen LogP contribution >= 0.6 is 0 Å². The lowest BCUT2D eigenvalue weighted by molar-refractivity contribution is 0.0844. The van der Waals surface area contributed by atoms with Crippen LogP contribution in [-0.2, 0) is 14.2 Å². The van der Waals surface area contributed by atoms with E-state index in [9.17, 15) is 9.59 Å². The summed E-state index contributed by atoms with van der Waals surface area (Å²) in [6, 6.07) is 0. The number of cyclic esters (lactones) is 2. The third kappa shape index (κ3) is 1.75. The van der Waals surface area contributed by atoms with Crippen molar-refractivity contribution < 1.29 is 23.8 Å². The Morgan fingerprint density at radius 2 is 1.67 bits per heavy atom. The summed E-state index contributed by atoms with van der Waals surface area (Å²) in [5, 5.41) is 0. The Balaban J connectivity index is 2.13. The maximum absolute atomic E-state index is 11.3. The van der Waals surface area contributed by atoms with Gasteiger partial charge in [-0.15, -0.1) is 0 Å². The zero-order chi connectivity index (χ0) is 12.5. The molecule has 5 heteroatoms. The van der Waals surface area contributed by atoms with Crippen LogP contribution in [0.2, 0.25) is 0 Å². The van der Waals surface area contributed by atoms with E-state index in [1.807, 2.05) is 24.3 Å². The molecular formula is C13H8O5. The number of allylic oxidation sites excluding steroid dienone is 8. The van der Waals surface area contributed by atoms with Crippen molar-refractivity contribution in [3.63, 3.8) is 0 Å². The van der Waals surface area contributed by atoms with Crippen LogP contribution in [0.4, 0.5) is 9.59 Å². The van der Waals surface area contributed by atoms with Crippen molar-refractivity contribution in [1.29, 1.82) is 0 Å². The van der Waals surface area contributed by atoms with Gasteiger partial charge in [0.05, 0.1) is 0 Å². The first-order valence-electron chi connectivity index (χ1n) is 5.33. The summed E-state index contributed by atoms with van der Waals surface area (Å²) >= 11 is 0. The molecular weight excluding hydrogens is 236 g/mol. The first-order valence-corrected chi connectivity index (χ1v) is 5.33. The van der Waals surface area contributed by atoms with Crippen LogP contribution in [0.25, 0.3) is 0 Å². The fraction of sp³-hybridized carbons (Fsp3) is 0.0769. The van der Waals surface area contributed by atoms with Crippen LogP contribution in [-0.4, -0.2) is 12.3 Å². The molecule has 1 unspecified atom stereocenters. The minimum Gasteiger partial charge on any atom is -0.391 e. The summed E-state index contributed by atoms with van der Waals surface area (Å²) < 4.78 is 14.2. The predicted molar refractivity (Wildman–Crippen MR) is 60.1 cm³/mol. The summed E-state index contributed by atoms with van der Waals surface area (Å²) in [5.41, 5.74) is 0.740. The first-order chi connectivity index (χ1) is 8.74. The highest BCUT2D eigenvalue weighted by atomic mass is 16.8. The molecule has 0 saturated carbocycles. The topological polar surface area (TPSA) is 61.8 Å². The standard InChI is InChI=1S/C13H8O5/c14-12-16-10-7-3-5-8-4-1-2-6-9(8)11(10)17-13(15)18-12/h1-8H. The maximum atomic E-state index is 11.3. The summed E-state index contributed by atoms with van der Waals surface area (Å²) in [6.07, 6.45) is 10.5. The van der Waals surface area contributed by atoms with Crippen molar-refractivity contribution in [2.75, 3.05) is 0 Å². The second kappa shape index (κ2) is 4.03. The Morgan fingerprint density at radius 1 is 0.889 bits per heavy atom. The van der Waals surface area contributed by atoms with Gasteiger partial charge in [-0.2, -0.15) is 0 Å².